The minimum absolute atomic E-state index is 0.0938. The average molecular weight is 508 g/mol. The van der Waals surface area contributed by atoms with E-state index in [0.717, 1.165) is 32.4 Å². The number of anilines is 1. The Balaban J connectivity index is 0.000000384. The first kappa shape index (κ1) is 25.3. The van der Waals surface area contributed by atoms with Gasteiger partial charge < -0.3 is 25.6 Å². The third-order valence-electron chi connectivity index (χ3n) is 6.90. The van der Waals surface area contributed by atoms with Crippen molar-refractivity contribution < 1.29 is 37.7 Å². The Kier molecular flexibility index (Phi) is 6.12. The normalized spacial score (nSPS) is 21.7. The maximum absolute atomic E-state index is 12.9. The van der Waals surface area contributed by atoms with Gasteiger partial charge in [-0.05, 0) is 44.2 Å². The van der Waals surface area contributed by atoms with Crippen LogP contribution >= 0.6 is 0 Å². The van der Waals surface area contributed by atoms with Crippen molar-refractivity contribution in [3.05, 3.63) is 33.6 Å². The van der Waals surface area contributed by atoms with Crippen molar-refractivity contribution in [1.82, 2.24) is 4.57 Å². The highest BCUT2D eigenvalue weighted by molar-refractivity contribution is 5.99. The fourth-order valence-electron chi connectivity index (χ4n) is 4.84. The second kappa shape index (κ2) is 8.70. The van der Waals surface area contributed by atoms with E-state index in [4.69, 9.17) is 20.4 Å². The molecule has 5 rings (SSSR count). The van der Waals surface area contributed by atoms with Crippen molar-refractivity contribution in [2.75, 3.05) is 24.6 Å². The maximum atomic E-state index is 12.9. The molecule has 0 bridgehead atoms. The largest absolute Gasteiger partial charge is 0.490 e. The van der Waals surface area contributed by atoms with E-state index in [9.17, 15) is 33.1 Å². The van der Waals surface area contributed by atoms with Crippen molar-refractivity contribution in [2.24, 2.45) is 11.7 Å². The topological polar surface area (TPSA) is 159 Å². The van der Waals surface area contributed by atoms with Gasteiger partial charge in [0, 0.05) is 24.0 Å². The number of rotatable bonds is 3. The number of hydrogen-bond donors (Lipinski definition) is 3. The van der Waals surface area contributed by atoms with E-state index < -0.39 is 23.7 Å². The lowest BCUT2D eigenvalue weighted by Crippen LogP contribution is -2.36. The van der Waals surface area contributed by atoms with E-state index >= 15 is 0 Å². The Hall–Kier alpha value is -3.79. The van der Waals surface area contributed by atoms with Crippen LogP contribution < -0.4 is 20.9 Å². The van der Waals surface area contributed by atoms with Gasteiger partial charge in [-0.15, -0.1) is 0 Å². The summed E-state index contributed by atoms with van der Waals surface area (Å²) in [5, 5.41) is 26.9. The number of carbonyl (C=O) groups is 2. The molecular formula is C23H23F3N4O6. The van der Waals surface area contributed by atoms with Crippen LogP contribution in [0.25, 0.3) is 10.9 Å². The highest BCUT2D eigenvalue weighted by Crippen LogP contribution is 2.48. The lowest BCUT2D eigenvalue weighted by Gasteiger charge is -2.31. The summed E-state index contributed by atoms with van der Waals surface area (Å²) < 4.78 is 39.3. The number of nitrogens with zero attached hydrogens (tertiary/aromatic N) is 3. The number of aliphatic carboxylic acids is 1. The molecule has 0 unspecified atom stereocenters. The van der Waals surface area contributed by atoms with Crippen LogP contribution in [-0.4, -0.2) is 58.1 Å². The quantitative estimate of drug-likeness (QED) is 0.566. The predicted octanol–water partition coefficient (Wildman–Crippen LogP) is 2.48. The van der Waals surface area contributed by atoms with Gasteiger partial charge in [0.05, 0.1) is 22.8 Å². The van der Waals surface area contributed by atoms with Gasteiger partial charge in [0.1, 0.15) is 18.2 Å². The van der Waals surface area contributed by atoms with Crippen LogP contribution in [0, 0.1) is 17.2 Å². The second-order valence-electron chi connectivity index (χ2n) is 9.32. The molecular weight excluding hydrogens is 485 g/mol. The minimum Gasteiger partial charge on any atom is -0.487 e. The first-order valence-corrected chi connectivity index (χ1v) is 11.1. The zero-order chi connectivity index (χ0) is 26.6. The molecule has 3 aliphatic rings. The number of ether oxygens (including phenoxy) is 1. The van der Waals surface area contributed by atoms with Crippen LogP contribution in [0.3, 0.4) is 0 Å². The van der Waals surface area contributed by atoms with Gasteiger partial charge in [0.2, 0.25) is 0 Å². The van der Waals surface area contributed by atoms with Gasteiger partial charge in [0.15, 0.2) is 5.75 Å². The second-order valence-corrected chi connectivity index (χ2v) is 9.32. The number of nitrogens with two attached hydrogens (primary N) is 1. The molecule has 3 heterocycles. The van der Waals surface area contributed by atoms with Gasteiger partial charge in [-0.3, -0.25) is 9.36 Å². The van der Waals surface area contributed by atoms with Crippen LogP contribution in [0.2, 0.25) is 0 Å². The highest BCUT2D eigenvalue weighted by Gasteiger charge is 2.48. The summed E-state index contributed by atoms with van der Waals surface area (Å²) in [4.78, 5) is 35.5. The first-order valence-electron chi connectivity index (χ1n) is 11.1. The van der Waals surface area contributed by atoms with E-state index in [0.29, 0.717) is 33.8 Å². The number of carboxylic acids is 2. The lowest BCUT2D eigenvalue weighted by molar-refractivity contribution is -0.192. The number of alkyl halides is 3. The standard InChI is InChI=1S/C21H22N4O4.C2HF3O2/c1-11-10-29-18-16(24-5-2-14(9-24)21(23)3-4-21)13(8-22)6-12-7-15(20(27)28)19(26)25(11)17(12)18;3-2(4,5)1(6)7/h6-7,11,14H,2-5,9-10,23H2,1H3,(H,27,28);(H,6,7)/t11-,14+;/m0./s1. The van der Waals surface area contributed by atoms with Gasteiger partial charge in [-0.2, -0.15) is 18.4 Å². The fraction of sp³-hybridized carbons (Fsp3) is 0.478. The zero-order valence-electron chi connectivity index (χ0n) is 19.1. The molecule has 36 heavy (non-hydrogen) atoms. The van der Waals surface area contributed by atoms with E-state index in [2.05, 4.69) is 11.0 Å². The molecule has 1 saturated carbocycles. The Labute approximate surface area is 202 Å². The molecule has 4 N–H and O–H groups in total. The van der Waals surface area contributed by atoms with E-state index in [1.165, 1.54) is 10.6 Å². The van der Waals surface area contributed by atoms with Crippen LogP contribution in [0.15, 0.2) is 16.9 Å². The third-order valence-corrected chi connectivity index (χ3v) is 6.90. The van der Waals surface area contributed by atoms with Crippen molar-refractivity contribution in [3.63, 3.8) is 0 Å². The molecule has 0 spiro atoms. The van der Waals surface area contributed by atoms with Gasteiger partial charge in [0.25, 0.3) is 5.56 Å². The number of carboxylic acid groups (broad SMARTS) is 2. The molecule has 2 atom stereocenters. The number of aromatic nitrogens is 1. The number of hydrogen-bond acceptors (Lipinski definition) is 7. The van der Waals surface area contributed by atoms with Gasteiger partial charge in [-0.1, -0.05) is 0 Å². The molecule has 1 saturated heterocycles. The minimum atomic E-state index is -5.08. The maximum Gasteiger partial charge on any atom is 0.490 e. The van der Waals surface area contributed by atoms with Gasteiger partial charge in [-0.25, -0.2) is 9.59 Å². The third kappa shape index (κ3) is 4.32. The molecule has 0 radical (unpaired) electrons. The SMILES string of the molecule is C[C@H]1COc2c(N3CC[C@@H](C4(N)CC4)C3)c(C#N)cc3cc(C(=O)O)c(=O)n1c23.O=C(O)C(F)(F)F. The molecule has 1 aliphatic carbocycles. The monoisotopic (exact) mass is 508 g/mol. The Bertz CT molecular complexity index is 1360. The first-order chi connectivity index (χ1) is 16.8. The Morgan fingerprint density at radius 1 is 1.28 bits per heavy atom. The Morgan fingerprint density at radius 3 is 2.44 bits per heavy atom. The summed E-state index contributed by atoms with van der Waals surface area (Å²) in [5.41, 5.74) is 7.15. The highest BCUT2D eigenvalue weighted by atomic mass is 19.4. The predicted molar refractivity (Wildman–Crippen MR) is 120 cm³/mol. The van der Waals surface area contributed by atoms with E-state index in [1.54, 1.807) is 6.07 Å². The summed E-state index contributed by atoms with van der Waals surface area (Å²) in [7, 11) is 0. The zero-order valence-corrected chi connectivity index (χ0v) is 19.1. The van der Waals surface area contributed by atoms with Crippen molar-refractivity contribution >= 4 is 28.5 Å². The van der Waals surface area contributed by atoms with Crippen molar-refractivity contribution in [1.29, 1.82) is 5.26 Å². The molecule has 10 nitrogen and oxygen atoms in total. The summed E-state index contributed by atoms with van der Waals surface area (Å²) in [5.74, 6) is -3.17. The average Bonchev–Trinajstić information content (AvgIpc) is 3.36. The molecule has 2 aromatic rings. The number of nitriles is 1. The summed E-state index contributed by atoms with van der Waals surface area (Å²) in [6.07, 6.45) is -2.06. The molecule has 192 valence electrons. The van der Waals surface area contributed by atoms with Crippen LogP contribution in [0.4, 0.5) is 18.9 Å². The fourth-order valence-corrected chi connectivity index (χ4v) is 4.84. The van der Waals surface area contributed by atoms with Crippen molar-refractivity contribution in [2.45, 2.75) is 43.9 Å². The molecule has 2 aliphatic heterocycles. The van der Waals surface area contributed by atoms with Crippen molar-refractivity contribution in [3.8, 4) is 11.8 Å². The molecule has 2 fully saturated rings. The summed E-state index contributed by atoms with van der Waals surface area (Å²) in [6, 6.07) is 4.95. The number of halogens is 3. The number of aromatic carboxylic acids is 1. The van der Waals surface area contributed by atoms with E-state index in [1.807, 2.05) is 6.92 Å². The lowest BCUT2D eigenvalue weighted by atomic mass is 9.97. The molecule has 13 heteroatoms. The number of benzene rings is 1. The Morgan fingerprint density at radius 2 is 1.92 bits per heavy atom. The van der Waals surface area contributed by atoms with E-state index in [-0.39, 0.29) is 23.8 Å². The molecule has 1 aromatic heterocycles. The van der Waals surface area contributed by atoms with Crippen LogP contribution in [-0.2, 0) is 4.79 Å². The molecule has 1 aromatic carbocycles. The van der Waals surface area contributed by atoms with Crippen LogP contribution in [0.5, 0.6) is 5.75 Å². The smallest absolute Gasteiger partial charge is 0.487 e. The van der Waals surface area contributed by atoms with Gasteiger partial charge >= 0.3 is 18.1 Å². The summed E-state index contributed by atoms with van der Waals surface area (Å²) >= 11 is 0. The number of pyridine rings is 1. The van der Waals surface area contributed by atoms with Crippen LogP contribution in [0.1, 0.15) is 48.1 Å². The molecule has 0 amide bonds. The summed E-state index contributed by atoms with van der Waals surface area (Å²) in [6.45, 7) is 3.59.